The first-order valence-corrected chi connectivity index (χ1v) is 7.29. The monoisotopic (exact) mass is 336 g/mol. The van der Waals surface area contributed by atoms with Gasteiger partial charge < -0.3 is 15.1 Å². The molecule has 0 bridgehead atoms. The van der Waals surface area contributed by atoms with E-state index in [1.807, 2.05) is 44.2 Å². The van der Waals surface area contributed by atoms with Crippen LogP contribution in [0.3, 0.4) is 0 Å². The lowest BCUT2D eigenvalue weighted by Gasteiger charge is -2.13. The van der Waals surface area contributed by atoms with Gasteiger partial charge in [-0.25, -0.2) is 0 Å². The van der Waals surface area contributed by atoms with Crippen LogP contribution in [0.4, 0.5) is 5.69 Å². The Balaban J connectivity index is 2.09. The molecule has 2 aromatic rings. The number of carbonyl (C=O) groups excluding carboxylic acids is 1. The summed E-state index contributed by atoms with van der Waals surface area (Å²) < 4.78 is 6.21. The van der Waals surface area contributed by atoms with Gasteiger partial charge in [0.05, 0.1) is 6.04 Å². The SMILES string of the molecule is CCNC(=O)c1cccc(NC(C)c2ccc(Br)o2)c1. The topological polar surface area (TPSA) is 54.3 Å². The average Bonchev–Trinajstić information content (AvgIpc) is 2.86. The molecule has 1 aromatic carbocycles. The van der Waals surface area contributed by atoms with Gasteiger partial charge in [-0.2, -0.15) is 0 Å². The molecule has 1 atom stereocenters. The van der Waals surface area contributed by atoms with E-state index < -0.39 is 0 Å². The zero-order chi connectivity index (χ0) is 14.5. The van der Waals surface area contributed by atoms with Gasteiger partial charge in [-0.1, -0.05) is 6.07 Å². The number of hydrogen-bond acceptors (Lipinski definition) is 3. The maximum Gasteiger partial charge on any atom is 0.251 e. The van der Waals surface area contributed by atoms with Crippen LogP contribution >= 0.6 is 15.9 Å². The van der Waals surface area contributed by atoms with Crippen LogP contribution in [0.2, 0.25) is 0 Å². The second kappa shape index (κ2) is 6.61. The first-order chi connectivity index (χ1) is 9.60. The molecule has 5 heteroatoms. The summed E-state index contributed by atoms with van der Waals surface area (Å²) in [6.45, 7) is 4.52. The minimum Gasteiger partial charge on any atom is -0.452 e. The lowest BCUT2D eigenvalue weighted by atomic mass is 10.1. The standard InChI is InChI=1S/C15H17BrN2O2/c1-3-17-15(19)11-5-4-6-12(9-11)18-10(2)13-7-8-14(16)20-13/h4-10,18H,3H2,1-2H3,(H,17,19). The number of carbonyl (C=O) groups is 1. The summed E-state index contributed by atoms with van der Waals surface area (Å²) >= 11 is 3.29. The van der Waals surface area contributed by atoms with Gasteiger partial charge in [0.2, 0.25) is 0 Å². The van der Waals surface area contributed by atoms with E-state index in [0.717, 1.165) is 11.4 Å². The van der Waals surface area contributed by atoms with Gasteiger partial charge in [0.15, 0.2) is 4.67 Å². The predicted octanol–water partition coefficient (Wildman–Crippen LogP) is 3.96. The molecule has 1 aromatic heterocycles. The van der Waals surface area contributed by atoms with Crippen LogP contribution in [0, 0.1) is 0 Å². The molecule has 0 radical (unpaired) electrons. The number of halogens is 1. The van der Waals surface area contributed by atoms with Gasteiger partial charge in [0.25, 0.3) is 5.91 Å². The summed E-state index contributed by atoms with van der Waals surface area (Å²) in [7, 11) is 0. The maximum atomic E-state index is 11.8. The van der Waals surface area contributed by atoms with E-state index in [1.54, 1.807) is 6.07 Å². The molecule has 0 fully saturated rings. The smallest absolute Gasteiger partial charge is 0.251 e. The van der Waals surface area contributed by atoms with Gasteiger partial charge in [0, 0.05) is 17.8 Å². The number of nitrogens with one attached hydrogen (secondary N) is 2. The van der Waals surface area contributed by atoms with Crippen molar-refractivity contribution >= 4 is 27.5 Å². The van der Waals surface area contributed by atoms with Crippen LogP contribution in [0.5, 0.6) is 0 Å². The van der Waals surface area contributed by atoms with Crippen molar-refractivity contribution in [2.24, 2.45) is 0 Å². The van der Waals surface area contributed by atoms with Crippen LogP contribution in [0.25, 0.3) is 0 Å². The molecule has 0 saturated carbocycles. The number of anilines is 1. The normalized spacial score (nSPS) is 11.9. The lowest BCUT2D eigenvalue weighted by molar-refractivity contribution is 0.0956. The third kappa shape index (κ3) is 3.63. The quantitative estimate of drug-likeness (QED) is 0.868. The van der Waals surface area contributed by atoms with Gasteiger partial charge >= 0.3 is 0 Å². The molecule has 4 nitrogen and oxygen atoms in total. The highest BCUT2D eigenvalue weighted by Gasteiger charge is 2.11. The molecule has 2 N–H and O–H groups in total. The highest BCUT2D eigenvalue weighted by Crippen LogP contribution is 2.24. The molecule has 1 unspecified atom stereocenters. The second-order valence-electron chi connectivity index (χ2n) is 4.45. The van der Waals surface area contributed by atoms with E-state index >= 15 is 0 Å². The molecule has 2 rings (SSSR count). The highest BCUT2D eigenvalue weighted by atomic mass is 79.9. The van der Waals surface area contributed by atoms with Crippen molar-refractivity contribution in [1.29, 1.82) is 0 Å². The molecule has 0 saturated heterocycles. The van der Waals surface area contributed by atoms with Crippen molar-refractivity contribution in [3.8, 4) is 0 Å². The Kier molecular flexibility index (Phi) is 4.84. The zero-order valence-electron chi connectivity index (χ0n) is 11.4. The highest BCUT2D eigenvalue weighted by molar-refractivity contribution is 9.10. The fourth-order valence-corrected chi connectivity index (χ4v) is 2.21. The zero-order valence-corrected chi connectivity index (χ0v) is 13.0. The fourth-order valence-electron chi connectivity index (χ4n) is 1.89. The Morgan fingerprint density at radius 2 is 2.15 bits per heavy atom. The number of rotatable bonds is 5. The minimum atomic E-state index is -0.0652. The fraction of sp³-hybridized carbons (Fsp3) is 0.267. The van der Waals surface area contributed by atoms with E-state index in [9.17, 15) is 4.79 Å². The molecule has 1 amide bonds. The van der Waals surface area contributed by atoms with E-state index in [2.05, 4.69) is 26.6 Å². The van der Waals surface area contributed by atoms with Gasteiger partial charge in [-0.15, -0.1) is 0 Å². The van der Waals surface area contributed by atoms with E-state index in [1.165, 1.54) is 0 Å². The van der Waals surface area contributed by atoms with Crippen LogP contribution in [-0.4, -0.2) is 12.5 Å². The summed E-state index contributed by atoms with van der Waals surface area (Å²) in [6, 6.07) is 11.2. The van der Waals surface area contributed by atoms with Crippen molar-refractivity contribution in [2.75, 3.05) is 11.9 Å². The third-order valence-electron chi connectivity index (χ3n) is 2.87. The first-order valence-electron chi connectivity index (χ1n) is 6.50. The molecule has 0 aliphatic carbocycles. The van der Waals surface area contributed by atoms with Gasteiger partial charge in [0.1, 0.15) is 5.76 Å². The van der Waals surface area contributed by atoms with Crippen molar-refractivity contribution < 1.29 is 9.21 Å². The molecule has 20 heavy (non-hydrogen) atoms. The van der Waals surface area contributed by atoms with Crippen molar-refractivity contribution in [3.63, 3.8) is 0 Å². The largest absolute Gasteiger partial charge is 0.452 e. The van der Waals surface area contributed by atoms with E-state index in [-0.39, 0.29) is 11.9 Å². The summed E-state index contributed by atoms with van der Waals surface area (Å²) in [5, 5.41) is 6.10. The van der Waals surface area contributed by atoms with Gasteiger partial charge in [-0.3, -0.25) is 4.79 Å². The second-order valence-corrected chi connectivity index (χ2v) is 5.23. The molecule has 0 aliphatic rings. The Bertz CT molecular complexity index is 595. The first kappa shape index (κ1) is 14.7. The Labute approximate surface area is 126 Å². The number of hydrogen-bond donors (Lipinski definition) is 2. The van der Waals surface area contributed by atoms with Crippen molar-refractivity contribution in [2.45, 2.75) is 19.9 Å². The number of amides is 1. The molecule has 1 heterocycles. The molecular weight excluding hydrogens is 320 g/mol. The van der Waals surface area contributed by atoms with Crippen LogP contribution in [0.1, 0.15) is 36.0 Å². The Hall–Kier alpha value is -1.75. The molecular formula is C15H17BrN2O2. The van der Waals surface area contributed by atoms with Crippen LogP contribution in [-0.2, 0) is 0 Å². The van der Waals surface area contributed by atoms with Gasteiger partial charge in [-0.05, 0) is 60.1 Å². The Morgan fingerprint density at radius 3 is 2.80 bits per heavy atom. The molecule has 0 spiro atoms. The average molecular weight is 337 g/mol. The third-order valence-corrected chi connectivity index (χ3v) is 3.29. The summed E-state index contributed by atoms with van der Waals surface area (Å²) in [5.41, 5.74) is 1.53. The summed E-state index contributed by atoms with van der Waals surface area (Å²) in [5.74, 6) is 0.768. The van der Waals surface area contributed by atoms with E-state index in [0.29, 0.717) is 16.8 Å². The van der Waals surface area contributed by atoms with E-state index in [4.69, 9.17) is 4.42 Å². The molecule has 0 aliphatic heterocycles. The van der Waals surface area contributed by atoms with Crippen molar-refractivity contribution in [3.05, 3.63) is 52.4 Å². The van der Waals surface area contributed by atoms with Crippen LogP contribution in [0.15, 0.2) is 45.5 Å². The lowest BCUT2D eigenvalue weighted by Crippen LogP contribution is -2.22. The van der Waals surface area contributed by atoms with Crippen LogP contribution < -0.4 is 10.6 Å². The Morgan fingerprint density at radius 1 is 1.35 bits per heavy atom. The minimum absolute atomic E-state index is 0.0192. The number of benzene rings is 1. The number of furan rings is 1. The van der Waals surface area contributed by atoms with Crippen molar-refractivity contribution in [1.82, 2.24) is 5.32 Å². The summed E-state index contributed by atoms with van der Waals surface area (Å²) in [4.78, 5) is 11.8. The predicted molar refractivity (Wildman–Crippen MR) is 82.9 cm³/mol. The summed E-state index contributed by atoms with van der Waals surface area (Å²) in [6.07, 6.45) is 0. The molecule has 106 valence electrons. The maximum absolute atomic E-state index is 11.8.